The number of ether oxygens (including phenoxy) is 2. The van der Waals surface area contributed by atoms with Crippen molar-refractivity contribution in [3.8, 4) is 0 Å². The van der Waals surface area contributed by atoms with Crippen molar-refractivity contribution in [3.63, 3.8) is 0 Å². The lowest BCUT2D eigenvalue weighted by molar-refractivity contribution is 0.109. The first-order chi connectivity index (χ1) is 15.0. The summed E-state index contributed by atoms with van der Waals surface area (Å²) in [5.74, 6) is -0.449. The Kier molecular flexibility index (Phi) is 13.1. The van der Waals surface area contributed by atoms with Crippen molar-refractivity contribution in [1.82, 2.24) is 5.32 Å². The summed E-state index contributed by atoms with van der Waals surface area (Å²) in [5.41, 5.74) is 3.92. The molecule has 0 saturated carbocycles. The first kappa shape index (κ1) is 27.4. The maximum Gasteiger partial charge on any atom is 0.152 e. The molecular weight excluding hydrogens is 411 g/mol. The predicted molar refractivity (Wildman–Crippen MR) is 127 cm³/mol. The molecule has 0 aromatic heterocycles. The molecule has 0 bridgehead atoms. The van der Waals surface area contributed by atoms with Crippen LogP contribution in [0.15, 0.2) is 36.4 Å². The van der Waals surface area contributed by atoms with Gasteiger partial charge >= 0.3 is 0 Å². The van der Waals surface area contributed by atoms with Crippen molar-refractivity contribution in [1.29, 1.82) is 0 Å². The number of carbonyl (C=O) groups excluding carboxylic acids is 2. The molecule has 6 nitrogen and oxygen atoms in total. The third-order valence-electron chi connectivity index (χ3n) is 4.79. The largest absolute Gasteiger partial charge is 0.379 e. The molecule has 0 aliphatic carbocycles. The Labute approximate surface area is 190 Å². The molecule has 2 aromatic rings. The topological polar surface area (TPSA) is 67.9 Å². The van der Waals surface area contributed by atoms with E-state index in [1.807, 2.05) is 19.1 Å². The van der Waals surface area contributed by atoms with Crippen molar-refractivity contribution >= 4 is 18.3 Å². The van der Waals surface area contributed by atoms with E-state index in [1.165, 1.54) is 17.7 Å². The van der Waals surface area contributed by atoms with Gasteiger partial charge in [0.25, 0.3) is 0 Å². The van der Waals surface area contributed by atoms with Crippen molar-refractivity contribution in [2.45, 2.75) is 21.3 Å². The molecule has 2 aliphatic heterocycles. The maximum atomic E-state index is 12.6. The van der Waals surface area contributed by atoms with Crippen LogP contribution in [0, 0.1) is 19.7 Å². The molecule has 2 aliphatic rings. The summed E-state index contributed by atoms with van der Waals surface area (Å²) in [5, 5.41) is 3.16. The van der Waals surface area contributed by atoms with Crippen LogP contribution in [0.2, 0.25) is 0 Å². The zero-order valence-corrected chi connectivity index (χ0v) is 18.2. The van der Waals surface area contributed by atoms with Gasteiger partial charge in [0, 0.05) is 37.4 Å². The number of aryl methyl sites for hydroxylation is 2. The number of nitrogens with zero attached hydrogens (tertiary/aromatic N) is 1. The standard InChI is InChI=1S/C12H15NO2.C8H7FO.C4H9NO.CH4/c1-10-2-3-11(9-14)12(8-10)13-4-6-15-7-5-13;1-6-2-3-7(5-10)8(9)4-6;1-3-6-4-2-5-1;/h2-3,8-9H,4-7H2,1H3;2-5H,1H3;5H,1-4H2;1H4. The van der Waals surface area contributed by atoms with Crippen molar-refractivity contribution in [3.05, 3.63) is 64.5 Å². The minimum absolute atomic E-state index is 0. The number of aldehydes is 2. The Morgan fingerprint density at radius 1 is 0.844 bits per heavy atom. The van der Waals surface area contributed by atoms with E-state index in [0.717, 1.165) is 75.7 Å². The lowest BCUT2D eigenvalue weighted by atomic mass is 10.1. The third-order valence-corrected chi connectivity index (χ3v) is 4.79. The molecule has 0 atom stereocenters. The van der Waals surface area contributed by atoms with Gasteiger partial charge in [-0.15, -0.1) is 0 Å². The Morgan fingerprint density at radius 3 is 1.84 bits per heavy atom. The number of hydrogen-bond acceptors (Lipinski definition) is 6. The number of hydrogen-bond donors (Lipinski definition) is 1. The van der Waals surface area contributed by atoms with E-state index in [9.17, 15) is 14.0 Å². The fraction of sp³-hybridized carbons (Fsp3) is 0.440. The number of rotatable bonds is 3. The number of morpholine rings is 2. The van der Waals surface area contributed by atoms with Crippen molar-refractivity contribution < 1.29 is 23.5 Å². The highest BCUT2D eigenvalue weighted by Gasteiger charge is 2.14. The van der Waals surface area contributed by atoms with Gasteiger partial charge in [-0.25, -0.2) is 4.39 Å². The second kappa shape index (κ2) is 15.2. The van der Waals surface area contributed by atoms with Crippen LogP contribution in [0.3, 0.4) is 0 Å². The lowest BCUT2D eigenvalue weighted by Gasteiger charge is -2.30. The van der Waals surface area contributed by atoms with E-state index in [1.54, 1.807) is 13.0 Å². The Bertz CT molecular complexity index is 823. The van der Waals surface area contributed by atoms with Crippen LogP contribution in [0.25, 0.3) is 0 Å². The van der Waals surface area contributed by atoms with E-state index in [2.05, 4.69) is 16.3 Å². The fourth-order valence-electron chi connectivity index (χ4n) is 3.07. The quantitative estimate of drug-likeness (QED) is 0.723. The van der Waals surface area contributed by atoms with E-state index in [-0.39, 0.29) is 13.0 Å². The van der Waals surface area contributed by atoms with Crippen LogP contribution in [-0.2, 0) is 9.47 Å². The van der Waals surface area contributed by atoms with E-state index >= 15 is 0 Å². The minimum atomic E-state index is -0.449. The summed E-state index contributed by atoms with van der Waals surface area (Å²) < 4.78 is 22.9. The number of nitrogens with one attached hydrogen (secondary N) is 1. The molecule has 0 radical (unpaired) electrons. The summed E-state index contributed by atoms with van der Waals surface area (Å²) in [7, 11) is 0. The maximum absolute atomic E-state index is 12.6. The van der Waals surface area contributed by atoms with Crippen LogP contribution in [0.1, 0.15) is 39.3 Å². The van der Waals surface area contributed by atoms with Crippen LogP contribution in [-0.4, -0.2) is 65.2 Å². The van der Waals surface area contributed by atoms with Gasteiger partial charge in [-0.3, -0.25) is 9.59 Å². The fourth-order valence-corrected chi connectivity index (χ4v) is 3.07. The predicted octanol–water partition coefficient (Wildman–Crippen LogP) is 3.83. The van der Waals surface area contributed by atoms with Crippen LogP contribution in [0.5, 0.6) is 0 Å². The molecule has 0 amide bonds. The summed E-state index contributed by atoms with van der Waals surface area (Å²) >= 11 is 0. The Hall–Kier alpha value is -2.61. The summed E-state index contributed by atoms with van der Waals surface area (Å²) in [4.78, 5) is 23.2. The minimum Gasteiger partial charge on any atom is -0.379 e. The average molecular weight is 447 g/mol. The van der Waals surface area contributed by atoms with Gasteiger partial charge in [0.2, 0.25) is 0 Å². The van der Waals surface area contributed by atoms with Crippen molar-refractivity contribution in [2.24, 2.45) is 0 Å². The molecule has 1 N–H and O–H groups in total. The molecule has 0 spiro atoms. The molecule has 176 valence electrons. The number of benzene rings is 2. The molecule has 2 fully saturated rings. The normalized spacial score (nSPS) is 15.2. The molecular formula is C25H35FN2O4. The van der Waals surface area contributed by atoms with Crippen LogP contribution >= 0.6 is 0 Å². The number of halogens is 1. The average Bonchev–Trinajstić information content (AvgIpc) is 2.82. The highest BCUT2D eigenvalue weighted by Crippen LogP contribution is 2.21. The van der Waals surface area contributed by atoms with Gasteiger partial charge in [0.1, 0.15) is 5.82 Å². The molecule has 2 aromatic carbocycles. The Balaban J connectivity index is 0.000000260. The monoisotopic (exact) mass is 446 g/mol. The van der Waals surface area contributed by atoms with E-state index < -0.39 is 5.82 Å². The van der Waals surface area contributed by atoms with Gasteiger partial charge in [0.15, 0.2) is 12.6 Å². The molecule has 32 heavy (non-hydrogen) atoms. The van der Waals surface area contributed by atoms with Gasteiger partial charge in [-0.2, -0.15) is 0 Å². The van der Waals surface area contributed by atoms with Gasteiger partial charge < -0.3 is 19.7 Å². The summed E-state index contributed by atoms with van der Waals surface area (Å²) in [6.45, 7) is 10.9. The molecule has 2 heterocycles. The molecule has 4 rings (SSSR count). The number of carbonyl (C=O) groups is 2. The second-order valence-corrected chi connectivity index (χ2v) is 7.28. The summed E-state index contributed by atoms with van der Waals surface area (Å²) in [6, 6.07) is 10.4. The zero-order chi connectivity index (χ0) is 22.5. The SMILES string of the molecule is C.C1COCCN1.Cc1ccc(C=O)c(F)c1.Cc1ccc(C=O)c(N2CCOCC2)c1. The van der Waals surface area contributed by atoms with E-state index in [4.69, 9.17) is 9.47 Å². The highest BCUT2D eigenvalue weighted by molar-refractivity contribution is 5.85. The van der Waals surface area contributed by atoms with Gasteiger partial charge in [0.05, 0.1) is 32.0 Å². The Morgan fingerprint density at radius 2 is 1.38 bits per heavy atom. The van der Waals surface area contributed by atoms with E-state index in [0.29, 0.717) is 6.29 Å². The first-order valence-corrected chi connectivity index (χ1v) is 10.4. The second-order valence-electron chi connectivity index (χ2n) is 7.28. The van der Waals surface area contributed by atoms with Crippen LogP contribution in [0.4, 0.5) is 10.1 Å². The van der Waals surface area contributed by atoms with Crippen LogP contribution < -0.4 is 10.2 Å². The highest BCUT2D eigenvalue weighted by atomic mass is 19.1. The first-order valence-electron chi connectivity index (χ1n) is 10.4. The third kappa shape index (κ3) is 9.26. The van der Waals surface area contributed by atoms with Gasteiger partial charge in [-0.05, 0) is 49.2 Å². The molecule has 2 saturated heterocycles. The molecule has 7 heteroatoms. The lowest BCUT2D eigenvalue weighted by Crippen LogP contribution is -2.36. The van der Waals surface area contributed by atoms with Gasteiger partial charge in [-0.1, -0.05) is 19.6 Å². The van der Waals surface area contributed by atoms with Crippen molar-refractivity contribution in [2.75, 3.05) is 57.5 Å². The molecule has 0 unspecified atom stereocenters. The summed E-state index contributed by atoms with van der Waals surface area (Å²) in [6.07, 6.45) is 1.43. The number of anilines is 1. The zero-order valence-electron chi connectivity index (χ0n) is 18.2. The smallest absolute Gasteiger partial charge is 0.152 e.